The van der Waals surface area contributed by atoms with Crippen LogP contribution in [0.15, 0.2) is 30.3 Å². The number of hydrogen-bond acceptors (Lipinski definition) is 4. The minimum Gasteiger partial charge on any atom is -0.480 e. The average molecular weight is 291 g/mol. The van der Waals surface area contributed by atoms with Crippen LogP contribution < -0.4 is 10.6 Å². The summed E-state index contributed by atoms with van der Waals surface area (Å²) in [6.45, 7) is 2.91. The van der Waals surface area contributed by atoms with E-state index in [2.05, 4.69) is 17.0 Å². The Morgan fingerprint density at radius 2 is 1.76 bits per heavy atom. The van der Waals surface area contributed by atoms with Crippen molar-refractivity contribution in [2.75, 3.05) is 31.1 Å². The molecule has 21 heavy (non-hydrogen) atoms. The third kappa shape index (κ3) is 4.19. The fourth-order valence-electron chi connectivity index (χ4n) is 2.41. The highest BCUT2D eigenvalue weighted by Gasteiger charge is 2.22. The van der Waals surface area contributed by atoms with Crippen molar-refractivity contribution in [3.05, 3.63) is 30.3 Å². The van der Waals surface area contributed by atoms with Crippen LogP contribution in [0.4, 0.5) is 5.69 Å². The Morgan fingerprint density at radius 1 is 1.14 bits per heavy atom. The lowest BCUT2D eigenvalue weighted by Gasteiger charge is -2.36. The van der Waals surface area contributed by atoms with E-state index >= 15 is 0 Å². The molecule has 1 aromatic rings. The first kappa shape index (κ1) is 15.3. The van der Waals surface area contributed by atoms with Gasteiger partial charge < -0.3 is 20.6 Å². The molecular weight excluding hydrogens is 270 g/mol. The van der Waals surface area contributed by atoms with Crippen molar-refractivity contribution in [2.45, 2.75) is 18.9 Å². The lowest BCUT2D eigenvalue weighted by Crippen LogP contribution is -2.49. The SMILES string of the molecule is NC(CCC(=O)N1CCN(c2ccccc2)CC1)C(=O)O. The Morgan fingerprint density at radius 3 is 2.33 bits per heavy atom. The monoisotopic (exact) mass is 291 g/mol. The summed E-state index contributed by atoms with van der Waals surface area (Å²) >= 11 is 0. The van der Waals surface area contributed by atoms with Gasteiger partial charge in [-0.15, -0.1) is 0 Å². The number of benzene rings is 1. The molecule has 1 saturated heterocycles. The first-order valence-corrected chi connectivity index (χ1v) is 7.14. The van der Waals surface area contributed by atoms with Crippen LogP contribution in [0.25, 0.3) is 0 Å². The molecule has 0 aliphatic carbocycles. The number of carbonyl (C=O) groups excluding carboxylic acids is 1. The predicted molar refractivity (Wildman–Crippen MR) is 80.1 cm³/mol. The van der Waals surface area contributed by atoms with E-state index in [9.17, 15) is 9.59 Å². The largest absolute Gasteiger partial charge is 0.480 e. The third-order valence-corrected chi connectivity index (χ3v) is 3.74. The highest BCUT2D eigenvalue weighted by atomic mass is 16.4. The molecule has 1 aromatic carbocycles. The van der Waals surface area contributed by atoms with E-state index < -0.39 is 12.0 Å². The number of carboxylic acid groups (broad SMARTS) is 1. The smallest absolute Gasteiger partial charge is 0.320 e. The van der Waals surface area contributed by atoms with E-state index in [1.165, 1.54) is 0 Å². The number of anilines is 1. The van der Waals surface area contributed by atoms with Crippen LogP contribution in [0.1, 0.15) is 12.8 Å². The van der Waals surface area contributed by atoms with Gasteiger partial charge in [0, 0.05) is 38.3 Å². The molecule has 1 aliphatic heterocycles. The van der Waals surface area contributed by atoms with Crippen molar-refractivity contribution in [1.29, 1.82) is 0 Å². The first-order valence-electron chi connectivity index (χ1n) is 7.14. The van der Waals surface area contributed by atoms with Crippen LogP contribution in [0.2, 0.25) is 0 Å². The zero-order valence-electron chi connectivity index (χ0n) is 11.9. The molecule has 0 bridgehead atoms. The van der Waals surface area contributed by atoms with Gasteiger partial charge in [-0.3, -0.25) is 9.59 Å². The Labute approximate surface area is 124 Å². The minimum atomic E-state index is -1.06. The van der Waals surface area contributed by atoms with Gasteiger partial charge in [-0.05, 0) is 18.6 Å². The molecule has 0 spiro atoms. The maximum atomic E-state index is 12.0. The molecule has 0 radical (unpaired) electrons. The second kappa shape index (κ2) is 7.08. The summed E-state index contributed by atoms with van der Waals surface area (Å²) in [5.74, 6) is -1.07. The van der Waals surface area contributed by atoms with Gasteiger partial charge in [0.25, 0.3) is 0 Å². The van der Waals surface area contributed by atoms with Crippen LogP contribution in [0.5, 0.6) is 0 Å². The van der Waals surface area contributed by atoms with Gasteiger partial charge in [0.05, 0.1) is 0 Å². The van der Waals surface area contributed by atoms with Gasteiger partial charge in [0.15, 0.2) is 0 Å². The van der Waals surface area contributed by atoms with Crippen molar-refractivity contribution < 1.29 is 14.7 Å². The summed E-state index contributed by atoms with van der Waals surface area (Å²) in [6.07, 6.45) is 0.381. The zero-order valence-corrected chi connectivity index (χ0v) is 11.9. The van der Waals surface area contributed by atoms with Crippen LogP contribution >= 0.6 is 0 Å². The number of nitrogens with two attached hydrogens (primary N) is 1. The molecule has 1 unspecified atom stereocenters. The van der Waals surface area contributed by atoms with E-state index in [4.69, 9.17) is 10.8 Å². The number of carboxylic acids is 1. The average Bonchev–Trinajstić information content (AvgIpc) is 2.53. The van der Waals surface area contributed by atoms with Crippen molar-refractivity contribution in [3.8, 4) is 0 Å². The maximum Gasteiger partial charge on any atom is 0.320 e. The number of piperazine rings is 1. The highest BCUT2D eigenvalue weighted by molar-refractivity contribution is 5.78. The molecule has 114 valence electrons. The lowest BCUT2D eigenvalue weighted by atomic mass is 10.1. The molecule has 0 saturated carbocycles. The molecule has 0 aromatic heterocycles. The topological polar surface area (TPSA) is 86.9 Å². The van der Waals surface area contributed by atoms with E-state index in [0.29, 0.717) is 13.1 Å². The number of para-hydroxylation sites is 1. The van der Waals surface area contributed by atoms with Crippen LogP contribution in [0, 0.1) is 0 Å². The number of carbonyl (C=O) groups is 2. The van der Waals surface area contributed by atoms with Crippen molar-refractivity contribution in [2.24, 2.45) is 5.73 Å². The maximum absolute atomic E-state index is 12.0. The summed E-state index contributed by atoms with van der Waals surface area (Å²) < 4.78 is 0. The standard InChI is InChI=1S/C15H21N3O3/c16-13(15(20)21)6-7-14(19)18-10-8-17(9-11-18)12-4-2-1-3-5-12/h1-5,13H,6-11,16H2,(H,20,21). The van der Waals surface area contributed by atoms with Crippen molar-refractivity contribution in [1.82, 2.24) is 4.90 Å². The summed E-state index contributed by atoms with van der Waals surface area (Å²) in [5, 5.41) is 8.71. The number of aliphatic carboxylic acids is 1. The predicted octanol–water partition coefficient (Wildman–Crippen LogP) is 0.527. The Balaban J connectivity index is 1.78. The molecule has 6 heteroatoms. The van der Waals surface area contributed by atoms with Gasteiger partial charge in [0.1, 0.15) is 6.04 Å². The Hall–Kier alpha value is -2.08. The summed E-state index contributed by atoms with van der Waals surface area (Å²) in [6, 6.07) is 9.14. The van der Waals surface area contributed by atoms with Gasteiger partial charge in [-0.25, -0.2) is 0 Å². The second-order valence-corrected chi connectivity index (χ2v) is 5.19. The molecule has 2 rings (SSSR count). The Kier molecular flexibility index (Phi) is 5.16. The zero-order chi connectivity index (χ0) is 15.2. The van der Waals surface area contributed by atoms with E-state index in [-0.39, 0.29) is 18.7 Å². The lowest BCUT2D eigenvalue weighted by molar-refractivity contribution is -0.139. The highest BCUT2D eigenvalue weighted by Crippen LogP contribution is 2.16. The van der Waals surface area contributed by atoms with Crippen LogP contribution in [-0.4, -0.2) is 54.1 Å². The molecule has 1 aliphatic rings. The molecule has 1 atom stereocenters. The van der Waals surface area contributed by atoms with Gasteiger partial charge >= 0.3 is 5.97 Å². The molecule has 1 heterocycles. The quantitative estimate of drug-likeness (QED) is 0.826. The summed E-state index contributed by atoms with van der Waals surface area (Å²) in [7, 11) is 0. The van der Waals surface area contributed by atoms with Crippen molar-refractivity contribution in [3.63, 3.8) is 0 Å². The third-order valence-electron chi connectivity index (χ3n) is 3.74. The normalized spacial score (nSPS) is 16.6. The minimum absolute atomic E-state index is 0.0144. The van der Waals surface area contributed by atoms with Crippen LogP contribution in [-0.2, 0) is 9.59 Å². The van der Waals surface area contributed by atoms with Crippen LogP contribution in [0.3, 0.4) is 0 Å². The summed E-state index contributed by atoms with van der Waals surface area (Å²) in [5.41, 5.74) is 6.58. The Bertz CT molecular complexity index is 484. The molecule has 1 amide bonds. The molecule has 1 fully saturated rings. The second-order valence-electron chi connectivity index (χ2n) is 5.19. The van der Waals surface area contributed by atoms with E-state index in [1.807, 2.05) is 18.2 Å². The van der Waals surface area contributed by atoms with Crippen molar-refractivity contribution >= 4 is 17.6 Å². The van der Waals surface area contributed by atoms with Gasteiger partial charge in [-0.2, -0.15) is 0 Å². The number of hydrogen-bond donors (Lipinski definition) is 2. The molecular formula is C15H21N3O3. The fraction of sp³-hybridized carbons (Fsp3) is 0.467. The number of amides is 1. The molecule has 6 nitrogen and oxygen atoms in total. The molecule has 3 N–H and O–H groups in total. The van der Waals surface area contributed by atoms with E-state index in [0.717, 1.165) is 18.8 Å². The number of nitrogens with zero attached hydrogens (tertiary/aromatic N) is 2. The summed E-state index contributed by atoms with van der Waals surface area (Å²) in [4.78, 5) is 26.7. The number of rotatable bonds is 5. The van der Waals surface area contributed by atoms with E-state index in [1.54, 1.807) is 4.90 Å². The van der Waals surface area contributed by atoms with Gasteiger partial charge in [0.2, 0.25) is 5.91 Å². The fourth-order valence-corrected chi connectivity index (χ4v) is 2.41. The van der Waals surface area contributed by atoms with Gasteiger partial charge in [-0.1, -0.05) is 18.2 Å². The first-order chi connectivity index (χ1) is 10.1.